The van der Waals surface area contributed by atoms with Crippen molar-refractivity contribution in [3.8, 4) is 0 Å². The topological polar surface area (TPSA) is 3.24 Å². The Labute approximate surface area is 164 Å². The predicted octanol–water partition coefficient (Wildman–Crippen LogP) is 6.41. The molecule has 1 aliphatic rings. The van der Waals surface area contributed by atoms with Crippen LogP contribution in [0.25, 0.3) is 0 Å². The molecule has 140 valence electrons. The molecule has 0 saturated heterocycles. The summed E-state index contributed by atoms with van der Waals surface area (Å²) in [7, 11) is 0. The van der Waals surface area contributed by atoms with Gasteiger partial charge < -0.3 is 0 Å². The van der Waals surface area contributed by atoms with Gasteiger partial charge in [0, 0.05) is 17.8 Å². The molecule has 2 aromatic carbocycles. The summed E-state index contributed by atoms with van der Waals surface area (Å²) in [6.07, 6.45) is 7.28. The van der Waals surface area contributed by atoms with Crippen LogP contribution < -0.4 is 0 Å². The van der Waals surface area contributed by atoms with Gasteiger partial charge in [-0.2, -0.15) is 0 Å². The van der Waals surface area contributed by atoms with Crippen LogP contribution in [0.1, 0.15) is 61.6 Å². The van der Waals surface area contributed by atoms with E-state index in [0.29, 0.717) is 11.3 Å². The molecule has 1 nitrogen and oxygen atoms in total. The second-order valence-corrected chi connectivity index (χ2v) is 8.22. The number of alkyl halides is 1. The standard InChI is InChI=1S/C24H32ClN/c1-2-17-26(19-21-8-4-3-5-9-21)18-7-10-20-13-15-22(16-14-20)23-11-6-12-24(23)25/h3-5,8-9,13-16,23-24H,2,6-7,10-12,17-19H2,1H3. The average molecular weight is 370 g/mol. The van der Waals surface area contributed by atoms with Crippen molar-refractivity contribution < 1.29 is 0 Å². The minimum atomic E-state index is 0.335. The summed E-state index contributed by atoms with van der Waals surface area (Å²) < 4.78 is 0. The molecule has 0 N–H and O–H groups in total. The van der Waals surface area contributed by atoms with Gasteiger partial charge in [-0.1, -0.05) is 67.9 Å². The molecule has 1 fully saturated rings. The van der Waals surface area contributed by atoms with Crippen LogP contribution in [0.2, 0.25) is 0 Å². The number of nitrogens with zero attached hydrogens (tertiary/aromatic N) is 1. The quantitative estimate of drug-likeness (QED) is 0.462. The molecule has 2 aromatic rings. The number of benzene rings is 2. The first-order chi connectivity index (χ1) is 12.8. The van der Waals surface area contributed by atoms with Gasteiger partial charge in [-0.3, -0.25) is 4.90 Å². The number of halogens is 1. The lowest BCUT2D eigenvalue weighted by Crippen LogP contribution is -2.25. The zero-order valence-corrected chi connectivity index (χ0v) is 16.8. The second-order valence-electron chi connectivity index (χ2n) is 7.66. The summed E-state index contributed by atoms with van der Waals surface area (Å²) in [6.45, 7) is 5.67. The molecule has 26 heavy (non-hydrogen) atoms. The van der Waals surface area contributed by atoms with Crippen molar-refractivity contribution >= 4 is 11.6 Å². The van der Waals surface area contributed by atoms with E-state index in [4.69, 9.17) is 11.6 Å². The Balaban J connectivity index is 1.48. The van der Waals surface area contributed by atoms with E-state index in [1.165, 1.54) is 55.3 Å². The van der Waals surface area contributed by atoms with Crippen molar-refractivity contribution in [3.05, 3.63) is 71.3 Å². The minimum Gasteiger partial charge on any atom is -0.299 e. The number of hydrogen-bond acceptors (Lipinski definition) is 1. The average Bonchev–Trinajstić information content (AvgIpc) is 3.09. The van der Waals surface area contributed by atoms with Gasteiger partial charge in [0.2, 0.25) is 0 Å². The molecule has 0 aromatic heterocycles. The Morgan fingerprint density at radius 2 is 1.69 bits per heavy atom. The molecule has 2 heteroatoms. The van der Waals surface area contributed by atoms with Crippen LogP contribution in [0.4, 0.5) is 0 Å². The zero-order valence-electron chi connectivity index (χ0n) is 16.0. The Kier molecular flexibility index (Phi) is 7.58. The minimum absolute atomic E-state index is 0.335. The Hall–Kier alpha value is -1.31. The normalized spacial score (nSPS) is 20.0. The van der Waals surface area contributed by atoms with Crippen LogP contribution in [0.3, 0.4) is 0 Å². The van der Waals surface area contributed by atoms with E-state index in [9.17, 15) is 0 Å². The fourth-order valence-electron chi connectivity index (χ4n) is 4.16. The Bertz CT molecular complexity index is 637. The van der Waals surface area contributed by atoms with Gasteiger partial charge in [-0.25, -0.2) is 0 Å². The first kappa shape index (κ1) is 19.5. The van der Waals surface area contributed by atoms with Crippen molar-refractivity contribution in [3.63, 3.8) is 0 Å². The zero-order chi connectivity index (χ0) is 18.2. The number of aryl methyl sites for hydroxylation is 1. The smallest absolute Gasteiger partial charge is 0.0404 e. The molecule has 0 radical (unpaired) electrons. The molecule has 2 unspecified atom stereocenters. The summed E-state index contributed by atoms with van der Waals surface area (Å²) in [5.41, 5.74) is 4.30. The first-order valence-corrected chi connectivity index (χ1v) is 10.7. The Morgan fingerprint density at radius 3 is 2.35 bits per heavy atom. The van der Waals surface area contributed by atoms with Gasteiger partial charge >= 0.3 is 0 Å². The highest BCUT2D eigenvalue weighted by Crippen LogP contribution is 2.38. The highest BCUT2D eigenvalue weighted by Gasteiger charge is 2.26. The molecule has 1 saturated carbocycles. The number of rotatable bonds is 9. The summed E-state index contributed by atoms with van der Waals surface area (Å²) in [5.74, 6) is 0.566. The fourth-order valence-corrected chi connectivity index (χ4v) is 4.58. The van der Waals surface area contributed by atoms with E-state index in [0.717, 1.165) is 19.5 Å². The van der Waals surface area contributed by atoms with E-state index in [-0.39, 0.29) is 0 Å². The lowest BCUT2D eigenvalue weighted by Gasteiger charge is -2.22. The SMILES string of the molecule is CCCN(CCCc1ccc(C2CCCC2Cl)cc1)Cc1ccccc1. The van der Waals surface area contributed by atoms with Crippen LogP contribution in [0, 0.1) is 0 Å². The molecule has 0 bridgehead atoms. The fraction of sp³-hybridized carbons (Fsp3) is 0.500. The van der Waals surface area contributed by atoms with Crippen molar-refractivity contribution in [2.24, 2.45) is 0 Å². The number of hydrogen-bond donors (Lipinski definition) is 0. The van der Waals surface area contributed by atoms with E-state index >= 15 is 0 Å². The molecule has 1 aliphatic carbocycles. The van der Waals surface area contributed by atoms with Crippen molar-refractivity contribution in [1.82, 2.24) is 4.90 Å². The maximum atomic E-state index is 6.46. The van der Waals surface area contributed by atoms with E-state index in [1.807, 2.05) is 0 Å². The highest BCUT2D eigenvalue weighted by atomic mass is 35.5. The second kappa shape index (κ2) is 10.1. The van der Waals surface area contributed by atoms with Crippen molar-refractivity contribution in [2.45, 2.75) is 63.3 Å². The summed E-state index contributed by atoms with van der Waals surface area (Å²) in [4.78, 5) is 2.58. The molecular formula is C24H32ClN. The van der Waals surface area contributed by atoms with Crippen molar-refractivity contribution in [2.75, 3.05) is 13.1 Å². The maximum Gasteiger partial charge on any atom is 0.0404 e. The lowest BCUT2D eigenvalue weighted by atomic mass is 9.95. The maximum absolute atomic E-state index is 6.46. The summed E-state index contributed by atoms with van der Waals surface area (Å²) in [5, 5.41) is 0.335. The Morgan fingerprint density at radius 1 is 0.923 bits per heavy atom. The van der Waals surface area contributed by atoms with Crippen molar-refractivity contribution in [1.29, 1.82) is 0 Å². The first-order valence-electron chi connectivity index (χ1n) is 10.3. The molecular weight excluding hydrogens is 338 g/mol. The van der Waals surface area contributed by atoms with Gasteiger partial charge in [0.05, 0.1) is 0 Å². The molecule has 0 heterocycles. The van der Waals surface area contributed by atoms with E-state index < -0.39 is 0 Å². The van der Waals surface area contributed by atoms with Gasteiger partial charge in [0.1, 0.15) is 0 Å². The van der Waals surface area contributed by atoms with Gasteiger partial charge in [-0.15, -0.1) is 11.6 Å². The molecule has 2 atom stereocenters. The lowest BCUT2D eigenvalue weighted by molar-refractivity contribution is 0.262. The van der Waals surface area contributed by atoms with Crippen LogP contribution in [-0.4, -0.2) is 23.4 Å². The third-order valence-corrected chi connectivity index (χ3v) is 6.09. The van der Waals surface area contributed by atoms with E-state index in [1.54, 1.807) is 0 Å². The van der Waals surface area contributed by atoms with Gasteiger partial charge in [0.25, 0.3) is 0 Å². The van der Waals surface area contributed by atoms with Crippen LogP contribution in [0.5, 0.6) is 0 Å². The third-order valence-electron chi connectivity index (χ3n) is 5.57. The highest BCUT2D eigenvalue weighted by molar-refractivity contribution is 6.21. The molecule has 3 rings (SSSR count). The summed E-state index contributed by atoms with van der Waals surface area (Å²) >= 11 is 6.46. The monoisotopic (exact) mass is 369 g/mol. The van der Waals surface area contributed by atoms with Crippen LogP contribution >= 0.6 is 11.6 Å². The molecule has 0 spiro atoms. The molecule has 0 aliphatic heterocycles. The molecule has 0 amide bonds. The van der Waals surface area contributed by atoms with E-state index in [2.05, 4.69) is 66.4 Å². The van der Waals surface area contributed by atoms with Crippen LogP contribution in [0.15, 0.2) is 54.6 Å². The van der Waals surface area contributed by atoms with Crippen LogP contribution in [-0.2, 0) is 13.0 Å². The third kappa shape index (κ3) is 5.59. The predicted molar refractivity (Wildman–Crippen MR) is 113 cm³/mol. The summed E-state index contributed by atoms with van der Waals surface area (Å²) in [6, 6.07) is 20.1. The van der Waals surface area contributed by atoms with Gasteiger partial charge in [-0.05, 0) is 61.9 Å². The van der Waals surface area contributed by atoms with Gasteiger partial charge in [0.15, 0.2) is 0 Å². The largest absolute Gasteiger partial charge is 0.299 e.